The minimum absolute atomic E-state index is 0. The van der Waals surface area contributed by atoms with E-state index in [0.717, 1.165) is 0 Å². The van der Waals surface area contributed by atoms with Crippen LogP contribution in [0.4, 0.5) is 0 Å². The number of aliphatic hydroxyl groups excluding tert-OH is 1. The molecule has 1 N–H and O–H groups in total. The predicted molar refractivity (Wildman–Crippen MR) is 54.6 cm³/mol. The van der Waals surface area contributed by atoms with E-state index < -0.39 is 5.41 Å². The van der Waals surface area contributed by atoms with Crippen LogP contribution >= 0.6 is 0 Å². The largest absolute Gasteiger partial charge is 0.512 e. The van der Waals surface area contributed by atoms with Crippen molar-refractivity contribution in [2.45, 2.75) is 41.5 Å². The number of carbonyl (C=O) groups is 1. The Bertz CT molecular complexity index is 229. The molecule has 0 unspecified atom stereocenters. The Kier molecular flexibility index (Phi) is 5.89. The van der Waals surface area contributed by atoms with Gasteiger partial charge in [-0.15, -0.1) is 0 Å². The number of hydrogen-bond donors (Lipinski definition) is 1. The summed E-state index contributed by atoms with van der Waals surface area (Å²) >= 11 is 0. The fraction of sp³-hybridized carbons (Fsp3) is 0.727. The Balaban J connectivity index is 0. The van der Waals surface area contributed by atoms with Gasteiger partial charge in [0.2, 0.25) is 0 Å². The minimum Gasteiger partial charge on any atom is -0.512 e. The maximum atomic E-state index is 11.5. The first-order chi connectivity index (χ1) is 5.55. The van der Waals surface area contributed by atoms with Crippen molar-refractivity contribution >= 4 is 5.78 Å². The van der Waals surface area contributed by atoms with Gasteiger partial charge < -0.3 is 5.11 Å². The minimum atomic E-state index is -0.417. The molecular weight excluding hydrogens is 230 g/mol. The summed E-state index contributed by atoms with van der Waals surface area (Å²) in [5.41, 5.74) is -0.764. The first-order valence-corrected chi connectivity index (χ1v) is 4.51. The van der Waals surface area contributed by atoms with Crippen molar-refractivity contribution in [1.82, 2.24) is 0 Å². The predicted octanol–water partition coefficient (Wildman–Crippen LogP) is 3.09. The third-order valence-electron chi connectivity index (χ3n) is 1.78. The van der Waals surface area contributed by atoms with Gasteiger partial charge in [-0.2, -0.15) is 0 Å². The summed E-state index contributed by atoms with van der Waals surface area (Å²) in [5, 5.41) is 9.56. The van der Waals surface area contributed by atoms with Crippen LogP contribution in [0.15, 0.2) is 11.8 Å². The molecule has 0 saturated heterocycles. The number of ketones is 1. The molecule has 0 bridgehead atoms. The Morgan fingerprint density at radius 3 is 1.57 bits per heavy atom. The van der Waals surface area contributed by atoms with Crippen LogP contribution in [0, 0.1) is 10.8 Å². The van der Waals surface area contributed by atoms with Gasteiger partial charge in [-0.1, -0.05) is 41.5 Å². The second-order valence-electron chi connectivity index (χ2n) is 5.39. The molecule has 2 nitrogen and oxygen atoms in total. The number of hydrogen-bond acceptors (Lipinski definition) is 2. The Morgan fingerprint density at radius 1 is 1.00 bits per heavy atom. The number of allylic oxidation sites excluding steroid dienone is 2. The second-order valence-corrected chi connectivity index (χ2v) is 5.39. The Morgan fingerprint density at radius 2 is 1.36 bits per heavy atom. The van der Waals surface area contributed by atoms with Crippen LogP contribution < -0.4 is 0 Å². The van der Waals surface area contributed by atoms with Crippen LogP contribution in [0.5, 0.6) is 0 Å². The van der Waals surface area contributed by atoms with Gasteiger partial charge in [0.25, 0.3) is 0 Å². The van der Waals surface area contributed by atoms with Crippen LogP contribution in [0.2, 0.25) is 0 Å². The molecule has 3 heteroatoms. The van der Waals surface area contributed by atoms with Crippen LogP contribution in [0.3, 0.4) is 0 Å². The molecule has 0 amide bonds. The van der Waals surface area contributed by atoms with Crippen LogP contribution in [0.1, 0.15) is 41.5 Å². The van der Waals surface area contributed by atoms with Gasteiger partial charge in [0, 0.05) is 36.4 Å². The van der Waals surface area contributed by atoms with E-state index in [1.54, 1.807) is 0 Å². The van der Waals surface area contributed by atoms with Crippen LogP contribution in [0.25, 0.3) is 0 Å². The molecule has 0 fully saturated rings. The molecule has 0 aliphatic rings. The normalized spacial score (nSPS) is 13.4. The van der Waals surface area contributed by atoms with Crippen molar-refractivity contribution in [2.24, 2.45) is 10.8 Å². The van der Waals surface area contributed by atoms with Crippen molar-refractivity contribution in [2.75, 3.05) is 0 Å². The summed E-state index contributed by atoms with van der Waals surface area (Å²) in [7, 11) is 0. The first kappa shape index (κ1) is 16.3. The summed E-state index contributed by atoms with van der Waals surface area (Å²) < 4.78 is 0. The molecule has 0 spiro atoms. The molecule has 14 heavy (non-hydrogen) atoms. The van der Waals surface area contributed by atoms with Gasteiger partial charge in [-0.3, -0.25) is 4.79 Å². The van der Waals surface area contributed by atoms with E-state index in [2.05, 4.69) is 0 Å². The van der Waals surface area contributed by atoms with Crippen LogP contribution in [-0.2, 0) is 24.3 Å². The molecule has 0 aliphatic heterocycles. The fourth-order valence-electron chi connectivity index (χ4n) is 0.557. The second kappa shape index (κ2) is 5.07. The van der Waals surface area contributed by atoms with E-state index in [1.807, 2.05) is 41.5 Å². The van der Waals surface area contributed by atoms with Crippen molar-refractivity contribution in [3.05, 3.63) is 11.8 Å². The molecular formula is C11H20O2Zn. The van der Waals surface area contributed by atoms with E-state index in [1.165, 1.54) is 6.08 Å². The van der Waals surface area contributed by atoms with E-state index in [4.69, 9.17) is 0 Å². The average Bonchev–Trinajstić information content (AvgIpc) is 1.82. The molecule has 78 valence electrons. The SMILES string of the molecule is CC(C)(C)C(=O)/C=C(\O)C(C)(C)C.[Zn]. The Labute approximate surface area is 99.5 Å². The maximum absolute atomic E-state index is 11.5. The van der Waals surface area contributed by atoms with E-state index in [9.17, 15) is 9.90 Å². The smallest absolute Gasteiger partial charge is 0.164 e. The van der Waals surface area contributed by atoms with Gasteiger partial charge in [0.15, 0.2) is 5.78 Å². The maximum Gasteiger partial charge on any atom is 0.164 e. The van der Waals surface area contributed by atoms with Gasteiger partial charge in [-0.25, -0.2) is 0 Å². The molecule has 0 atom stereocenters. The summed E-state index contributed by atoms with van der Waals surface area (Å²) in [4.78, 5) is 11.5. The molecule has 0 heterocycles. The third kappa shape index (κ3) is 5.54. The molecule has 0 aromatic heterocycles. The zero-order valence-corrected chi connectivity index (χ0v) is 13.1. The van der Waals surface area contributed by atoms with E-state index in [-0.39, 0.29) is 36.4 Å². The van der Waals surface area contributed by atoms with Gasteiger partial charge in [0.1, 0.15) is 5.76 Å². The number of carbonyl (C=O) groups excluding carboxylic acids is 1. The molecule has 0 radical (unpaired) electrons. The van der Waals surface area contributed by atoms with Crippen molar-refractivity contribution < 1.29 is 29.4 Å². The first-order valence-electron chi connectivity index (χ1n) is 4.51. The summed E-state index contributed by atoms with van der Waals surface area (Å²) in [5.74, 6) is 0.104. The zero-order valence-electron chi connectivity index (χ0n) is 10.1. The monoisotopic (exact) mass is 248 g/mol. The molecule has 0 saturated carbocycles. The topological polar surface area (TPSA) is 37.3 Å². The fourth-order valence-corrected chi connectivity index (χ4v) is 0.557. The molecule has 0 aromatic rings. The zero-order chi connectivity index (χ0) is 10.9. The standard InChI is InChI=1S/C11H20O2.Zn/c1-10(2,3)8(12)7-9(13)11(4,5)6;/h7,12H,1-6H3;/b8-7-;. The molecule has 0 aliphatic carbocycles. The summed E-state index contributed by atoms with van der Waals surface area (Å²) in [6.07, 6.45) is 1.33. The quantitative estimate of drug-likeness (QED) is 0.441. The number of aliphatic hydroxyl groups is 1. The molecule has 0 rings (SSSR count). The van der Waals surface area contributed by atoms with E-state index in [0.29, 0.717) is 0 Å². The Hall–Kier alpha value is -0.167. The van der Waals surface area contributed by atoms with Gasteiger partial charge in [0.05, 0.1) is 0 Å². The van der Waals surface area contributed by atoms with E-state index >= 15 is 0 Å². The van der Waals surface area contributed by atoms with Gasteiger partial charge in [-0.05, 0) is 0 Å². The van der Waals surface area contributed by atoms with Crippen molar-refractivity contribution in [1.29, 1.82) is 0 Å². The number of rotatable bonds is 1. The summed E-state index contributed by atoms with van der Waals surface area (Å²) in [6.45, 7) is 11.1. The summed E-state index contributed by atoms with van der Waals surface area (Å²) in [6, 6.07) is 0. The molecule has 0 aromatic carbocycles. The average molecular weight is 250 g/mol. The van der Waals surface area contributed by atoms with Crippen molar-refractivity contribution in [3.8, 4) is 0 Å². The van der Waals surface area contributed by atoms with Crippen LogP contribution in [-0.4, -0.2) is 10.9 Å². The van der Waals surface area contributed by atoms with Crippen molar-refractivity contribution in [3.63, 3.8) is 0 Å². The third-order valence-corrected chi connectivity index (χ3v) is 1.78. The van der Waals surface area contributed by atoms with Gasteiger partial charge >= 0.3 is 0 Å².